The van der Waals surface area contributed by atoms with E-state index in [-0.39, 0.29) is 154 Å². The number of rotatable bonds is 28. The Balaban J connectivity index is 1.56. The molecule has 0 spiro atoms. The molecule has 7 rings (SSSR count). The largest absolute Gasteiger partial charge is 0.491 e. The van der Waals surface area contributed by atoms with Gasteiger partial charge in [0.1, 0.15) is 74.1 Å². The Bertz CT molecular complexity index is 2900. The van der Waals surface area contributed by atoms with E-state index in [1.807, 2.05) is 0 Å². The van der Waals surface area contributed by atoms with Crippen LogP contribution in [0.4, 0.5) is 22.7 Å². The maximum atomic E-state index is 14.2. The number of hydrogen-bond acceptors (Lipinski definition) is 22. The van der Waals surface area contributed by atoms with E-state index in [4.69, 9.17) is 64.6 Å². The number of anilines is 4. The number of hydrogen-bond donors (Lipinski definition) is 4. The van der Waals surface area contributed by atoms with Crippen LogP contribution in [0.3, 0.4) is 0 Å². The highest BCUT2D eigenvalue weighted by molar-refractivity contribution is 7.55. The summed E-state index contributed by atoms with van der Waals surface area (Å²) in [7, 11) is -15.7. The number of ether oxygens (including phenoxy) is 6. The average Bonchev–Trinajstić information content (AvgIpc) is 0.856. The molecule has 496 valence electrons. The molecule has 0 aromatic heterocycles. The van der Waals surface area contributed by atoms with Crippen molar-refractivity contribution in [1.29, 1.82) is 0 Å². The van der Waals surface area contributed by atoms with Gasteiger partial charge in [0, 0.05) is 92.9 Å². The number of carbonyl (C=O) groups is 4. The minimum absolute atomic E-state index is 0.0141. The number of nitrogens with one attached hydrogen (secondary N) is 4. The normalized spacial score (nSPS) is 14.8. The molecule has 90 heavy (non-hydrogen) atoms. The molecule has 0 fully saturated rings. The van der Waals surface area contributed by atoms with E-state index in [2.05, 4.69) is 21.3 Å². The highest BCUT2D eigenvalue weighted by atomic mass is 31.2. The molecule has 2 aliphatic heterocycles. The second-order valence-electron chi connectivity index (χ2n) is 20.4. The lowest BCUT2D eigenvalue weighted by Crippen LogP contribution is -2.21. The van der Waals surface area contributed by atoms with Crippen molar-refractivity contribution < 1.29 is 102 Å². The third-order valence-corrected chi connectivity index (χ3v) is 21.4. The maximum Gasteiger partial charge on any atom is 0.340 e. The molecule has 2 heterocycles. The van der Waals surface area contributed by atoms with Gasteiger partial charge in [0.05, 0.1) is 79.3 Å². The quantitative estimate of drug-likeness (QED) is 0.0338. The Morgan fingerprint density at radius 3 is 0.633 bits per heavy atom. The second-order valence-corrected chi connectivity index (χ2v) is 28.6. The van der Waals surface area contributed by atoms with E-state index < -0.39 is 78.7 Å². The van der Waals surface area contributed by atoms with Gasteiger partial charge in [-0.05, 0) is 104 Å². The molecule has 0 atom stereocenters. The summed E-state index contributed by atoms with van der Waals surface area (Å²) < 4.78 is 139. The van der Waals surface area contributed by atoms with Crippen LogP contribution in [-0.4, -0.2) is 154 Å². The fourth-order valence-corrected chi connectivity index (χ4v) is 16.4. The fourth-order valence-electron chi connectivity index (χ4n) is 10.5. The molecule has 0 saturated carbocycles. The summed E-state index contributed by atoms with van der Waals surface area (Å²) in [6.07, 6.45) is -2.61. The Labute approximate surface area is 525 Å². The highest BCUT2D eigenvalue weighted by Crippen LogP contribution is 2.51. The Hall–Kier alpha value is -5.52. The first-order valence-corrected chi connectivity index (χ1v) is 37.1. The number of benzene rings is 4. The lowest BCUT2D eigenvalue weighted by Gasteiger charge is -2.26. The van der Waals surface area contributed by atoms with E-state index in [1.54, 1.807) is 104 Å². The molecular weight excluding hydrogens is 1250 g/mol. The molecule has 4 aromatic carbocycles. The lowest BCUT2D eigenvalue weighted by molar-refractivity contribution is -0.115. The molecule has 1 aliphatic carbocycles. The zero-order valence-electron chi connectivity index (χ0n) is 52.4. The minimum atomic E-state index is -3.92. The van der Waals surface area contributed by atoms with Crippen molar-refractivity contribution in [3.63, 3.8) is 0 Å². The first kappa shape index (κ1) is 71.9. The van der Waals surface area contributed by atoms with Gasteiger partial charge in [-0.15, -0.1) is 0 Å². The summed E-state index contributed by atoms with van der Waals surface area (Å²) >= 11 is 0. The average molecular weight is 1340 g/mol. The third-order valence-electron chi connectivity index (χ3n) is 13.5. The molecule has 4 N–H and O–H groups in total. The lowest BCUT2D eigenvalue weighted by atomic mass is 9.90. The molecule has 0 unspecified atom stereocenters. The Morgan fingerprint density at radius 1 is 0.311 bits per heavy atom. The van der Waals surface area contributed by atoms with Crippen LogP contribution in [0.2, 0.25) is 0 Å². The molecule has 4 amide bonds. The topological polar surface area (TPSA) is 314 Å². The van der Waals surface area contributed by atoms with Crippen molar-refractivity contribution in [2.45, 2.75) is 81.1 Å². The minimum Gasteiger partial charge on any atom is -0.491 e. The standard InChI is InChI=1S/C60H84N4O22P4/c1-9-79-87(69,80-10-2)37-53(65)61-49-29-41-25-42-30-50(62-54(66)38-88(70,81-11-3)82-12-4)35-47-28-48-36-52(64-56(68)40-90(72,85-15-7)86-16-8)32-44-26-43-31-51(63-55(67)39-89(71,83-13-5)84-14-6)34-46(59(43)77-23-19-74-20-24-78-60(44)48)27-45(33-49)57(41)75-21-17-73-18-22-76-58(42)47/h29-36H,9-28,37-40H2,1-8H3,(H,61,65)(H,62,66)(H,63,67)(H,64,68). The highest BCUT2D eigenvalue weighted by Gasteiger charge is 2.34. The first-order valence-electron chi connectivity index (χ1n) is 30.2. The van der Waals surface area contributed by atoms with E-state index in [0.717, 1.165) is 0 Å². The molecule has 4 aromatic rings. The number of carbonyl (C=O) groups excluding carboxylic acids is 4. The maximum absolute atomic E-state index is 14.2. The van der Waals surface area contributed by atoms with E-state index in [0.29, 0.717) is 67.5 Å². The number of amides is 4. The Kier molecular flexibility index (Phi) is 27.5. The molecule has 0 radical (unpaired) electrons. The van der Waals surface area contributed by atoms with Crippen LogP contribution in [0.25, 0.3) is 0 Å². The second kappa shape index (κ2) is 34.4. The van der Waals surface area contributed by atoms with Gasteiger partial charge in [-0.3, -0.25) is 37.4 Å². The van der Waals surface area contributed by atoms with Crippen LogP contribution >= 0.6 is 30.4 Å². The zero-order valence-corrected chi connectivity index (χ0v) is 55.9. The van der Waals surface area contributed by atoms with Gasteiger partial charge >= 0.3 is 30.4 Å². The molecule has 30 heteroatoms. The molecule has 3 aliphatic rings. The van der Waals surface area contributed by atoms with Crippen molar-refractivity contribution in [1.82, 2.24) is 0 Å². The van der Waals surface area contributed by atoms with Crippen molar-refractivity contribution in [2.24, 2.45) is 0 Å². The van der Waals surface area contributed by atoms with Crippen molar-refractivity contribution >= 4 is 76.8 Å². The first-order chi connectivity index (χ1) is 43.2. The monoisotopic (exact) mass is 1340 g/mol. The van der Waals surface area contributed by atoms with Gasteiger partial charge < -0.3 is 85.9 Å². The summed E-state index contributed by atoms with van der Waals surface area (Å²) in [6, 6.07) is 13.6. The van der Waals surface area contributed by atoms with Crippen LogP contribution in [0.15, 0.2) is 48.5 Å². The van der Waals surface area contributed by atoms with Gasteiger partial charge in [-0.25, -0.2) is 0 Å². The van der Waals surface area contributed by atoms with Gasteiger partial charge in [0.25, 0.3) is 0 Å². The Morgan fingerprint density at radius 2 is 0.478 bits per heavy atom. The van der Waals surface area contributed by atoms with E-state index in [9.17, 15) is 37.4 Å². The molecule has 0 saturated heterocycles. The van der Waals surface area contributed by atoms with Crippen molar-refractivity contribution in [3.05, 3.63) is 93.0 Å². The van der Waals surface area contributed by atoms with Crippen molar-refractivity contribution in [2.75, 3.05) is 152 Å². The summed E-state index contributed by atoms with van der Waals surface area (Å²) in [5.74, 6) is -1.36. The van der Waals surface area contributed by atoms with Gasteiger partial charge in [-0.2, -0.15) is 0 Å². The summed E-state index contributed by atoms with van der Waals surface area (Å²) in [4.78, 5) is 56.6. The van der Waals surface area contributed by atoms with Crippen LogP contribution < -0.4 is 40.2 Å². The summed E-state index contributed by atoms with van der Waals surface area (Å²) in [6.45, 7) is 13.8. The van der Waals surface area contributed by atoms with Crippen LogP contribution in [0.1, 0.15) is 99.9 Å². The SMILES string of the molecule is CCOP(=O)(CC(=O)Nc1cc2c3c(c1)Cc1cc(NC(=O)CP(=O)(OCC)OCC)cc4c1OCCOCCOc1c(cc(NC(=O)CP(=O)(OCC)OCC)cc1Cc1cc(NC(=O)CP(=O)(OCC)OCC)cc(c1OCCOCCO3)C2)C4)OCC. The molecule has 12 bridgehead atoms. The fraction of sp³-hybridized carbons (Fsp3) is 0.533. The van der Waals surface area contributed by atoms with Gasteiger partial charge in [0.2, 0.25) is 23.6 Å². The van der Waals surface area contributed by atoms with Crippen LogP contribution in [0, 0.1) is 0 Å². The summed E-state index contributed by atoms with van der Waals surface area (Å²) in [5.41, 5.74) is 4.79. The van der Waals surface area contributed by atoms with Gasteiger partial charge in [-0.1, -0.05) is 0 Å². The smallest absolute Gasteiger partial charge is 0.340 e. The van der Waals surface area contributed by atoms with Crippen LogP contribution in [0.5, 0.6) is 23.0 Å². The third kappa shape index (κ3) is 20.7. The molecule has 26 nitrogen and oxygen atoms in total. The van der Waals surface area contributed by atoms with E-state index >= 15 is 0 Å². The summed E-state index contributed by atoms with van der Waals surface area (Å²) in [5, 5.41) is 11.7. The predicted molar refractivity (Wildman–Crippen MR) is 338 cm³/mol. The van der Waals surface area contributed by atoms with Crippen LogP contribution in [-0.2, 0) is 109 Å². The molecular formula is C60H84N4O22P4. The predicted octanol–water partition coefficient (Wildman–Crippen LogP) is 10.8. The zero-order chi connectivity index (χ0) is 64.9. The van der Waals surface area contributed by atoms with E-state index in [1.165, 1.54) is 0 Å². The van der Waals surface area contributed by atoms with Gasteiger partial charge in [0.15, 0.2) is 0 Å². The van der Waals surface area contributed by atoms with Crippen molar-refractivity contribution in [3.8, 4) is 23.0 Å².